The van der Waals surface area contributed by atoms with Crippen molar-refractivity contribution in [2.45, 2.75) is 25.7 Å². The van der Waals surface area contributed by atoms with Gasteiger partial charge in [0.1, 0.15) is 6.20 Å². The Morgan fingerprint density at radius 2 is 1.84 bits per heavy atom. The van der Waals surface area contributed by atoms with Crippen molar-refractivity contribution in [2.24, 2.45) is 0 Å². The molecular formula is C15H21N3O7. The van der Waals surface area contributed by atoms with Gasteiger partial charge in [-0.3, -0.25) is 10.1 Å². The molecule has 0 spiro atoms. The van der Waals surface area contributed by atoms with E-state index < -0.39 is 16.9 Å². The summed E-state index contributed by atoms with van der Waals surface area (Å²) in [6, 6.07) is 2.95. The van der Waals surface area contributed by atoms with Crippen LogP contribution in [-0.4, -0.2) is 63.2 Å². The van der Waals surface area contributed by atoms with Crippen LogP contribution in [0.4, 0.5) is 5.69 Å². The number of nitro groups is 1. The van der Waals surface area contributed by atoms with E-state index in [2.05, 4.69) is 9.88 Å². The quantitative estimate of drug-likeness (QED) is 0.335. The van der Waals surface area contributed by atoms with Gasteiger partial charge in [0.05, 0.1) is 11.5 Å². The number of carboxylic acid groups (broad SMARTS) is 2. The SMILES string of the molecule is O=C(O)C(=O)O.O=[N+]([O-])c1ccc(OCCCN2CCCCC2)nc1. The molecule has 138 valence electrons. The Balaban J connectivity index is 0.000000450. The third kappa shape index (κ3) is 8.61. The Hall–Kier alpha value is -2.75. The first-order chi connectivity index (χ1) is 11.9. The molecule has 0 radical (unpaired) electrons. The van der Waals surface area contributed by atoms with Gasteiger partial charge in [-0.2, -0.15) is 0 Å². The molecule has 2 N–H and O–H groups in total. The molecule has 1 aromatic heterocycles. The van der Waals surface area contributed by atoms with Gasteiger partial charge in [0, 0.05) is 18.7 Å². The molecule has 0 unspecified atom stereocenters. The van der Waals surface area contributed by atoms with Crippen molar-refractivity contribution in [3.8, 4) is 5.88 Å². The molecule has 0 atom stereocenters. The topological polar surface area (TPSA) is 143 Å². The highest BCUT2D eigenvalue weighted by molar-refractivity contribution is 6.27. The third-order valence-electron chi connectivity index (χ3n) is 3.43. The van der Waals surface area contributed by atoms with Gasteiger partial charge in [-0.25, -0.2) is 14.6 Å². The van der Waals surface area contributed by atoms with E-state index in [0.717, 1.165) is 13.0 Å². The standard InChI is InChI=1S/C13H19N3O3.C2H2O4/c17-16(18)12-5-6-13(14-11-12)19-10-4-9-15-7-2-1-3-8-15;3-1(4)2(5)6/h5-6,11H,1-4,7-10H2;(H,3,4)(H,5,6). The minimum Gasteiger partial charge on any atom is -0.478 e. The van der Waals surface area contributed by atoms with Crippen LogP contribution in [0.1, 0.15) is 25.7 Å². The van der Waals surface area contributed by atoms with E-state index in [9.17, 15) is 10.1 Å². The Morgan fingerprint density at radius 1 is 1.20 bits per heavy atom. The van der Waals surface area contributed by atoms with Crippen molar-refractivity contribution < 1.29 is 29.5 Å². The highest BCUT2D eigenvalue weighted by atomic mass is 16.6. The van der Waals surface area contributed by atoms with Crippen LogP contribution in [0, 0.1) is 10.1 Å². The first-order valence-electron chi connectivity index (χ1n) is 7.82. The Labute approximate surface area is 144 Å². The first-order valence-corrected chi connectivity index (χ1v) is 7.82. The minimum atomic E-state index is -1.82. The molecule has 1 aliphatic heterocycles. The van der Waals surface area contributed by atoms with Gasteiger partial charge in [-0.1, -0.05) is 6.42 Å². The fourth-order valence-electron chi connectivity index (χ4n) is 2.21. The molecule has 10 nitrogen and oxygen atoms in total. The van der Waals surface area contributed by atoms with Crippen LogP contribution in [0.15, 0.2) is 18.3 Å². The zero-order chi connectivity index (χ0) is 18.7. The zero-order valence-electron chi connectivity index (χ0n) is 13.7. The lowest BCUT2D eigenvalue weighted by atomic mass is 10.1. The van der Waals surface area contributed by atoms with Gasteiger partial charge < -0.3 is 19.8 Å². The summed E-state index contributed by atoms with van der Waals surface area (Å²) >= 11 is 0. The van der Waals surface area contributed by atoms with Crippen molar-refractivity contribution in [2.75, 3.05) is 26.2 Å². The van der Waals surface area contributed by atoms with Crippen molar-refractivity contribution in [3.63, 3.8) is 0 Å². The number of nitrogens with zero attached hydrogens (tertiary/aromatic N) is 3. The van der Waals surface area contributed by atoms with E-state index in [1.807, 2.05) is 0 Å². The molecule has 0 amide bonds. The molecule has 1 fully saturated rings. The maximum atomic E-state index is 10.5. The lowest BCUT2D eigenvalue weighted by Crippen LogP contribution is -2.31. The van der Waals surface area contributed by atoms with Crippen molar-refractivity contribution in [1.82, 2.24) is 9.88 Å². The van der Waals surface area contributed by atoms with Crippen LogP contribution in [0.25, 0.3) is 0 Å². The fraction of sp³-hybridized carbons (Fsp3) is 0.533. The molecule has 2 rings (SSSR count). The monoisotopic (exact) mass is 355 g/mol. The summed E-state index contributed by atoms with van der Waals surface area (Å²) in [6.45, 7) is 4.03. The van der Waals surface area contributed by atoms with Crippen LogP contribution in [0.5, 0.6) is 5.88 Å². The fourth-order valence-corrected chi connectivity index (χ4v) is 2.21. The molecular weight excluding hydrogens is 334 g/mol. The smallest absolute Gasteiger partial charge is 0.414 e. The molecule has 2 heterocycles. The predicted molar refractivity (Wildman–Crippen MR) is 86.6 cm³/mol. The Morgan fingerprint density at radius 3 is 2.32 bits per heavy atom. The number of aromatic nitrogens is 1. The molecule has 0 bridgehead atoms. The molecule has 1 aliphatic rings. The first kappa shape index (κ1) is 20.3. The number of carbonyl (C=O) groups is 2. The second-order valence-corrected chi connectivity index (χ2v) is 5.33. The predicted octanol–water partition coefficient (Wildman–Crippen LogP) is 1.40. The number of aliphatic carboxylic acids is 2. The molecule has 1 aromatic rings. The van der Waals surface area contributed by atoms with Crippen molar-refractivity contribution >= 4 is 17.6 Å². The van der Waals surface area contributed by atoms with Gasteiger partial charge in [0.15, 0.2) is 0 Å². The number of hydrogen-bond donors (Lipinski definition) is 2. The summed E-state index contributed by atoms with van der Waals surface area (Å²) in [5, 5.41) is 25.2. The summed E-state index contributed by atoms with van der Waals surface area (Å²) < 4.78 is 5.47. The summed E-state index contributed by atoms with van der Waals surface area (Å²) in [7, 11) is 0. The lowest BCUT2D eigenvalue weighted by Gasteiger charge is -2.26. The largest absolute Gasteiger partial charge is 0.478 e. The highest BCUT2D eigenvalue weighted by Gasteiger charge is 2.09. The van der Waals surface area contributed by atoms with Crippen molar-refractivity contribution in [1.29, 1.82) is 0 Å². The van der Waals surface area contributed by atoms with E-state index in [1.165, 1.54) is 44.6 Å². The summed E-state index contributed by atoms with van der Waals surface area (Å²) in [5.74, 6) is -3.20. The molecule has 1 saturated heterocycles. The second kappa shape index (κ2) is 10.9. The molecule has 0 aromatic carbocycles. The lowest BCUT2D eigenvalue weighted by molar-refractivity contribution is -0.385. The highest BCUT2D eigenvalue weighted by Crippen LogP contribution is 2.14. The third-order valence-corrected chi connectivity index (χ3v) is 3.43. The summed E-state index contributed by atoms with van der Waals surface area (Å²) in [4.78, 5) is 34.6. The van der Waals surface area contributed by atoms with Gasteiger partial charge in [0.2, 0.25) is 5.88 Å². The number of carboxylic acids is 2. The Kier molecular flexibility index (Phi) is 8.86. The molecule has 0 saturated carbocycles. The Bertz CT molecular complexity index is 559. The van der Waals surface area contributed by atoms with Gasteiger partial charge in [-0.15, -0.1) is 0 Å². The average molecular weight is 355 g/mol. The van der Waals surface area contributed by atoms with Crippen LogP contribution in [0.3, 0.4) is 0 Å². The molecule has 25 heavy (non-hydrogen) atoms. The minimum absolute atomic E-state index is 0.0133. The van der Waals surface area contributed by atoms with E-state index in [1.54, 1.807) is 6.07 Å². The van der Waals surface area contributed by atoms with Crippen LogP contribution < -0.4 is 4.74 Å². The maximum absolute atomic E-state index is 10.5. The van der Waals surface area contributed by atoms with Crippen LogP contribution in [0.2, 0.25) is 0 Å². The zero-order valence-corrected chi connectivity index (χ0v) is 13.7. The summed E-state index contributed by atoms with van der Waals surface area (Å²) in [5.41, 5.74) is -0.0133. The van der Waals surface area contributed by atoms with Crippen LogP contribution >= 0.6 is 0 Å². The number of likely N-dealkylation sites (tertiary alicyclic amines) is 1. The normalized spacial score (nSPS) is 14.1. The maximum Gasteiger partial charge on any atom is 0.414 e. The summed E-state index contributed by atoms with van der Waals surface area (Å²) in [6.07, 6.45) is 6.12. The number of pyridine rings is 1. The number of rotatable bonds is 6. The molecule has 0 aliphatic carbocycles. The molecule has 10 heteroatoms. The number of hydrogen-bond acceptors (Lipinski definition) is 7. The number of ether oxygens (including phenoxy) is 1. The second-order valence-electron chi connectivity index (χ2n) is 5.33. The van der Waals surface area contributed by atoms with Gasteiger partial charge in [-0.05, 0) is 32.4 Å². The van der Waals surface area contributed by atoms with E-state index in [-0.39, 0.29) is 5.69 Å². The van der Waals surface area contributed by atoms with Crippen LogP contribution in [-0.2, 0) is 9.59 Å². The average Bonchev–Trinajstić information content (AvgIpc) is 2.60. The number of piperidine rings is 1. The van der Waals surface area contributed by atoms with E-state index in [0.29, 0.717) is 12.5 Å². The van der Waals surface area contributed by atoms with E-state index in [4.69, 9.17) is 24.5 Å². The van der Waals surface area contributed by atoms with Gasteiger partial charge >= 0.3 is 11.9 Å². The van der Waals surface area contributed by atoms with Gasteiger partial charge in [0.25, 0.3) is 5.69 Å². The van der Waals surface area contributed by atoms with E-state index >= 15 is 0 Å². The van der Waals surface area contributed by atoms with Crippen molar-refractivity contribution in [3.05, 3.63) is 28.4 Å².